The maximum Gasteiger partial charge on any atom is 0.346 e. The lowest BCUT2D eigenvalue weighted by atomic mass is 10.2. The predicted octanol–water partition coefficient (Wildman–Crippen LogP) is 2.82. The fourth-order valence-corrected chi connectivity index (χ4v) is 3.25. The highest BCUT2D eigenvalue weighted by Gasteiger charge is 2.19. The number of hydrogen-bond acceptors (Lipinski definition) is 6. The normalized spacial score (nSPS) is 10.4. The molecule has 1 aromatic carbocycles. The number of thioether (sulfide) groups is 1. The van der Waals surface area contributed by atoms with Crippen molar-refractivity contribution in [3.63, 3.8) is 0 Å². The highest BCUT2D eigenvalue weighted by molar-refractivity contribution is 7.98. The summed E-state index contributed by atoms with van der Waals surface area (Å²) in [5, 5.41) is 0.879. The third-order valence-electron chi connectivity index (χ3n) is 3.08. The zero-order chi connectivity index (χ0) is 17.0. The van der Waals surface area contributed by atoms with Crippen molar-refractivity contribution in [2.24, 2.45) is 0 Å². The number of hydrogen-bond donors (Lipinski definition) is 1. The van der Waals surface area contributed by atoms with Crippen LogP contribution in [-0.2, 0) is 10.5 Å². The summed E-state index contributed by atoms with van der Waals surface area (Å²) >= 11 is 7.24. The van der Waals surface area contributed by atoms with Crippen molar-refractivity contribution < 1.29 is 14.3 Å². The molecule has 2 aromatic rings. The Balaban J connectivity index is 2.36. The molecule has 6 nitrogen and oxygen atoms in total. The van der Waals surface area contributed by atoms with E-state index in [0.29, 0.717) is 27.2 Å². The standard InChI is InChI=1S/C15H15ClN2O4S/c1-8-12(14(19)22-3)13(18-15(20)17-8)23-7-9-6-10(16)4-5-11(9)21-2/h4-6H,7H2,1-3H3,(H,17,18,20). The van der Waals surface area contributed by atoms with Crippen LogP contribution in [0.4, 0.5) is 0 Å². The summed E-state index contributed by atoms with van der Waals surface area (Å²) < 4.78 is 10.0. The van der Waals surface area contributed by atoms with E-state index in [1.54, 1.807) is 32.2 Å². The molecular formula is C15H15ClN2O4S. The number of carbonyl (C=O) groups is 1. The summed E-state index contributed by atoms with van der Waals surface area (Å²) in [5.74, 6) is 0.554. The Kier molecular flexibility index (Phi) is 5.68. The van der Waals surface area contributed by atoms with Crippen molar-refractivity contribution in [1.82, 2.24) is 9.97 Å². The Hall–Kier alpha value is -1.99. The van der Waals surface area contributed by atoms with Crippen LogP contribution in [0.1, 0.15) is 21.6 Å². The van der Waals surface area contributed by atoms with Crippen LogP contribution in [0.2, 0.25) is 5.02 Å². The molecule has 0 unspecified atom stereocenters. The summed E-state index contributed by atoms with van der Waals surface area (Å²) in [7, 11) is 2.84. The minimum atomic E-state index is -0.549. The molecular weight excluding hydrogens is 340 g/mol. The fourth-order valence-electron chi connectivity index (χ4n) is 2.01. The van der Waals surface area contributed by atoms with Gasteiger partial charge < -0.3 is 14.5 Å². The topological polar surface area (TPSA) is 81.3 Å². The molecule has 0 spiro atoms. The lowest BCUT2D eigenvalue weighted by Gasteiger charge is -2.11. The number of methoxy groups -OCH3 is 2. The molecule has 1 heterocycles. The number of nitrogens with one attached hydrogen (secondary N) is 1. The highest BCUT2D eigenvalue weighted by atomic mass is 35.5. The average molecular weight is 355 g/mol. The number of carbonyl (C=O) groups excluding carboxylic acids is 1. The van der Waals surface area contributed by atoms with Gasteiger partial charge in [-0.2, -0.15) is 4.98 Å². The zero-order valence-electron chi connectivity index (χ0n) is 12.8. The van der Waals surface area contributed by atoms with Crippen molar-refractivity contribution in [2.75, 3.05) is 14.2 Å². The molecule has 0 atom stereocenters. The molecule has 2 rings (SSSR count). The summed E-state index contributed by atoms with van der Waals surface area (Å²) in [6, 6.07) is 5.26. The highest BCUT2D eigenvalue weighted by Crippen LogP contribution is 2.31. The van der Waals surface area contributed by atoms with Crippen LogP contribution in [0.25, 0.3) is 0 Å². The molecule has 0 saturated heterocycles. The van der Waals surface area contributed by atoms with E-state index in [1.807, 2.05) is 0 Å². The monoisotopic (exact) mass is 354 g/mol. The van der Waals surface area contributed by atoms with E-state index in [-0.39, 0.29) is 5.56 Å². The van der Waals surface area contributed by atoms with Crippen molar-refractivity contribution in [3.05, 3.63) is 50.5 Å². The predicted molar refractivity (Wildman–Crippen MR) is 88.5 cm³/mol. The second-order valence-electron chi connectivity index (χ2n) is 4.58. The van der Waals surface area contributed by atoms with E-state index in [4.69, 9.17) is 21.1 Å². The molecule has 1 aromatic heterocycles. The van der Waals surface area contributed by atoms with Gasteiger partial charge in [0, 0.05) is 22.0 Å². The number of aromatic nitrogens is 2. The first-order valence-electron chi connectivity index (χ1n) is 6.60. The Morgan fingerprint density at radius 3 is 2.78 bits per heavy atom. The Morgan fingerprint density at radius 2 is 2.13 bits per heavy atom. The number of rotatable bonds is 5. The zero-order valence-corrected chi connectivity index (χ0v) is 14.4. The molecule has 23 heavy (non-hydrogen) atoms. The molecule has 1 N–H and O–H groups in total. The summed E-state index contributed by atoms with van der Waals surface area (Å²) in [5.41, 5.74) is 0.978. The van der Waals surface area contributed by atoms with Gasteiger partial charge in [0.25, 0.3) is 0 Å². The van der Waals surface area contributed by atoms with E-state index in [9.17, 15) is 9.59 Å². The summed E-state index contributed by atoms with van der Waals surface area (Å²) in [4.78, 5) is 29.9. The maximum absolute atomic E-state index is 11.9. The van der Waals surface area contributed by atoms with Gasteiger partial charge in [-0.3, -0.25) is 0 Å². The number of nitrogens with zero attached hydrogens (tertiary/aromatic N) is 1. The molecule has 8 heteroatoms. The number of ether oxygens (including phenoxy) is 2. The van der Waals surface area contributed by atoms with Gasteiger partial charge in [0.2, 0.25) is 0 Å². The van der Waals surface area contributed by atoms with Gasteiger partial charge in [-0.25, -0.2) is 9.59 Å². The van der Waals surface area contributed by atoms with Crippen LogP contribution in [-0.4, -0.2) is 30.2 Å². The van der Waals surface area contributed by atoms with E-state index < -0.39 is 11.7 Å². The largest absolute Gasteiger partial charge is 0.496 e. The number of esters is 1. The summed E-state index contributed by atoms with van der Waals surface area (Å²) in [6.45, 7) is 1.62. The van der Waals surface area contributed by atoms with Gasteiger partial charge in [-0.05, 0) is 25.1 Å². The average Bonchev–Trinajstić information content (AvgIpc) is 2.51. The third kappa shape index (κ3) is 4.05. The lowest BCUT2D eigenvalue weighted by Crippen LogP contribution is -2.19. The number of benzene rings is 1. The lowest BCUT2D eigenvalue weighted by molar-refractivity contribution is 0.0594. The second-order valence-corrected chi connectivity index (χ2v) is 5.98. The van der Waals surface area contributed by atoms with Crippen LogP contribution >= 0.6 is 23.4 Å². The van der Waals surface area contributed by atoms with Crippen molar-refractivity contribution in [1.29, 1.82) is 0 Å². The van der Waals surface area contributed by atoms with Crippen LogP contribution in [0.15, 0.2) is 28.0 Å². The molecule has 0 aliphatic rings. The Bertz CT molecular complexity index is 792. The van der Waals surface area contributed by atoms with E-state index in [1.165, 1.54) is 18.9 Å². The minimum absolute atomic E-state index is 0.248. The molecule has 122 valence electrons. The number of halogens is 1. The smallest absolute Gasteiger partial charge is 0.346 e. The van der Waals surface area contributed by atoms with Crippen LogP contribution in [0, 0.1) is 6.92 Å². The van der Waals surface area contributed by atoms with Gasteiger partial charge in [0.05, 0.1) is 14.2 Å². The summed E-state index contributed by atoms with van der Waals surface area (Å²) in [6.07, 6.45) is 0. The van der Waals surface area contributed by atoms with E-state index in [0.717, 1.165) is 5.56 Å². The molecule has 0 amide bonds. The SMILES string of the molecule is COC(=O)c1c(SCc2cc(Cl)ccc2OC)nc(=O)[nH]c1C. The first-order chi connectivity index (χ1) is 11.0. The van der Waals surface area contributed by atoms with Gasteiger partial charge in [-0.1, -0.05) is 11.6 Å². The van der Waals surface area contributed by atoms with E-state index >= 15 is 0 Å². The fraction of sp³-hybridized carbons (Fsp3) is 0.267. The minimum Gasteiger partial charge on any atom is -0.496 e. The van der Waals surface area contributed by atoms with Crippen LogP contribution in [0.5, 0.6) is 5.75 Å². The molecule has 0 bridgehead atoms. The maximum atomic E-state index is 11.9. The van der Waals surface area contributed by atoms with Crippen molar-refractivity contribution in [3.8, 4) is 5.75 Å². The molecule has 0 saturated carbocycles. The van der Waals surface area contributed by atoms with Crippen LogP contribution < -0.4 is 10.4 Å². The Labute approximate surface area is 142 Å². The first-order valence-corrected chi connectivity index (χ1v) is 7.97. The molecule has 0 fully saturated rings. The van der Waals surface area contributed by atoms with Gasteiger partial charge in [0.1, 0.15) is 16.3 Å². The van der Waals surface area contributed by atoms with Gasteiger partial charge in [0.15, 0.2) is 0 Å². The molecule has 0 aliphatic carbocycles. The van der Waals surface area contributed by atoms with Crippen LogP contribution in [0.3, 0.4) is 0 Å². The number of H-pyrrole nitrogens is 1. The second kappa shape index (κ2) is 7.52. The molecule has 0 radical (unpaired) electrons. The quantitative estimate of drug-likeness (QED) is 0.505. The van der Waals surface area contributed by atoms with Gasteiger partial charge >= 0.3 is 11.7 Å². The Morgan fingerprint density at radius 1 is 1.39 bits per heavy atom. The van der Waals surface area contributed by atoms with Crippen molar-refractivity contribution in [2.45, 2.75) is 17.7 Å². The molecule has 0 aliphatic heterocycles. The van der Waals surface area contributed by atoms with Gasteiger partial charge in [-0.15, -0.1) is 11.8 Å². The third-order valence-corrected chi connectivity index (χ3v) is 4.34. The van der Waals surface area contributed by atoms with E-state index in [2.05, 4.69) is 9.97 Å². The number of aryl methyl sites for hydroxylation is 1. The first kappa shape index (κ1) is 17.4. The van der Waals surface area contributed by atoms with Crippen molar-refractivity contribution >= 4 is 29.3 Å². The number of aromatic amines is 1.